The third kappa shape index (κ3) is 5.27. The zero-order valence-electron chi connectivity index (χ0n) is 10.6. The number of carbonyl (C=O) groups excluding carboxylic acids is 1. The van der Waals surface area contributed by atoms with E-state index in [2.05, 4.69) is 5.32 Å². The van der Waals surface area contributed by atoms with Crippen LogP contribution in [0.3, 0.4) is 0 Å². The van der Waals surface area contributed by atoms with Crippen LogP contribution in [0.1, 0.15) is 12.8 Å². The average molecular weight is 319 g/mol. The molecule has 9 heteroatoms. The molecule has 114 valence electrons. The number of aliphatic carboxylic acids is 2. The fourth-order valence-electron chi connectivity index (χ4n) is 1.44. The Kier molecular flexibility index (Phi) is 5.92. The predicted molar refractivity (Wildman–Crippen MR) is 71.9 cm³/mol. The number of hydrogen-bond acceptors (Lipinski definition) is 3. The number of anilines is 1. The maximum absolute atomic E-state index is 13.5. The van der Waals surface area contributed by atoms with Gasteiger partial charge in [-0.25, -0.2) is 14.0 Å². The predicted octanol–water partition coefficient (Wildman–Crippen LogP) is 1.92. The minimum Gasteiger partial charge on any atom is -0.481 e. The highest BCUT2D eigenvalue weighted by molar-refractivity contribution is 6.31. The number of benzene rings is 1. The standard InChI is InChI=1S/C12H12ClFN2O5/c13-6-2-1-3-7(10(6)14)15-12(21)16-8(11(19)20)4-5-9(17)18/h1-3,8H,4-5H2,(H,17,18)(H,19,20)(H2,15,16,21)/t8-/m0/s1. The Morgan fingerprint density at radius 2 is 1.95 bits per heavy atom. The number of hydrogen-bond donors (Lipinski definition) is 4. The SMILES string of the molecule is O=C(O)CC[C@H](NC(=O)Nc1cccc(Cl)c1F)C(=O)O. The van der Waals surface area contributed by atoms with Gasteiger partial charge in [-0.15, -0.1) is 0 Å². The molecule has 0 aliphatic heterocycles. The second-order valence-corrected chi connectivity index (χ2v) is 4.43. The van der Waals surface area contributed by atoms with Gasteiger partial charge >= 0.3 is 18.0 Å². The first-order chi connectivity index (χ1) is 9.81. The van der Waals surface area contributed by atoms with Gasteiger partial charge in [-0.1, -0.05) is 17.7 Å². The van der Waals surface area contributed by atoms with Gasteiger partial charge in [0.1, 0.15) is 6.04 Å². The zero-order valence-corrected chi connectivity index (χ0v) is 11.4. The summed E-state index contributed by atoms with van der Waals surface area (Å²) in [7, 11) is 0. The molecule has 1 atom stereocenters. The smallest absolute Gasteiger partial charge is 0.326 e. The van der Waals surface area contributed by atoms with Gasteiger partial charge < -0.3 is 20.8 Å². The average Bonchev–Trinajstić information content (AvgIpc) is 2.39. The quantitative estimate of drug-likeness (QED) is 0.639. The number of nitrogens with one attached hydrogen (secondary N) is 2. The van der Waals surface area contributed by atoms with Crippen molar-refractivity contribution in [2.45, 2.75) is 18.9 Å². The third-order valence-electron chi connectivity index (χ3n) is 2.45. The van der Waals surface area contributed by atoms with Crippen molar-refractivity contribution in [1.82, 2.24) is 5.32 Å². The lowest BCUT2D eigenvalue weighted by Gasteiger charge is -2.14. The van der Waals surface area contributed by atoms with Crippen LogP contribution in [0.15, 0.2) is 18.2 Å². The van der Waals surface area contributed by atoms with Crippen LogP contribution in [0.25, 0.3) is 0 Å². The Hall–Kier alpha value is -2.35. The van der Waals surface area contributed by atoms with Crippen molar-refractivity contribution in [3.8, 4) is 0 Å². The lowest BCUT2D eigenvalue weighted by molar-refractivity contribution is -0.140. The number of amides is 2. The molecule has 1 aromatic rings. The number of carboxylic acid groups (broad SMARTS) is 2. The number of rotatable bonds is 6. The van der Waals surface area contributed by atoms with Gasteiger partial charge in [-0.05, 0) is 18.6 Å². The van der Waals surface area contributed by atoms with Crippen LogP contribution < -0.4 is 10.6 Å². The molecule has 2 amide bonds. The van der Waals surface area contributed by atoms with Gasteiger partial charge in [0.05, 0.1) is 10.7 Å². The first-order valence-corrected chi connectivity index (χ1v) is 6.15. The molecule has 0 bridgehead atoms. The normalized spacial score (nSPS) is 11.5. The lowest BCUT2D eigenvalue weighted by atomic mass is 10.1. The number of halogens is 2. The highest BCUT2D eigenvalue weighted by Crippen LogP contribution is 2.21. The fourth-order valence-corrected chi connectivity index (χ4v) is 1.62. The van der Waals surface area contributed by atoms with Crippen LogP contribution >= 0.6 is 11.6 Å². The van der Waals surface area contributed by atoms with Crippen molar-refractivity contribution in [1.29, 1.82) is 0 Å². The summed E-state index contributed by atoms with van der Waals surface area (Å²) in [6, 6.07) is 1.55. The highest BCUT2D eigenvalue weighted by atomic mass is 35.5. The van der Waals surface area contributed by atoms with Crippen molar-refractivity contribution in [2.24, 2.45) is 0 Å². The Balaban J connectivity index is 2.67. The Bertz CT molecular complexity index is 567. The second kappa shape index (κ2) is 7.44. The molecule has 0 unspecified atom stereocenters. The van der Waals surface area contributed by atoms with Crippen molar-refractivity contribution < 1.29 is 29.0 Å². The summed E-state index contributed by atoms with van der Waals surface area (Å²) in [5.74, 6) is -3.44. The summed E-state index contributed by atoms with van der Waals surface area (Å²) >= 11 is 5.53. The van der Waals surface area contributed by atoms with Crippen LogP contribution in [-0.4, -0.2) is 34.2 Å². The molecule has 0 heterocycles. The van der Waals surface area contributed by atoms with Crippen LogP contribution in [0.4, 0.5) is 14.9 Å². The Morgan fingerprint density at radius 3 is 2.52 bits per heavy atom. The first-order valence-electron chi connectivity index (χ1n) is 5.77. The molecule has 0 aromatic heterocycles. The molecular weight excluding hydrogens is 307 g/mol. The molecule has 0 saturated heterocycles. The van der Waals surface area contributed by atoms with Gasteiger partial charge in [-0.2, -0.15) is 0 Å². The molecule has 0 radical (unpaired) electrons. The van der Waals surface area contributed by atoms with Gasteiger partial charge in [0.15, 0.2) is 5.82 Å². The summed E-state index contributed by atoms with van der Waals surface area (Å²) in [6.07, 6.45) is -0.723. The van der Waals surface area contributed by atoms with Crippen LogP contribution in [0.2, 0.25) is 5.02 Å². The maximum atomic E-state index is 13.5. The summed E-state index contributed by atoms with van der Waals surface area (Å²) < 4.78 is 13.5. The fraction of sp³-hybridized carbons (Fsp3) is 0.250. The lowest BCUT2D eigenvalue weighted by Crippen LogP contribution is -2.43. The monoisotopic (exact) mass is 318 g/mol. The van der Waals surface area contributed by atoms with E-state index < -0.39 is 36.2 Å². The summed E-state index contributed by atoms with van der Waals surface area (Å²) in [5, 5.41) is 21.3. The molecule has 0 saturated carbocycles. The minimum absolute atomic E-state index is 0.200. The minimum atomic E-state index is -1.40. The zero-order chi connectivity index (χ0) is 16.0. The third-order valence-corrected chi connectivity index (χ3v) is 2.74. The number of urea groups is 1. The summed E-state index contributed by atoms with van der Waals surface area (Å²) in [6.45, 7) is 0. The highest BCUT2D eigenvalue weighted by Gasteiger charge is 2.21. The van der Waals surface area contributed by atoms with Crippen molar-refractivity contribution in [2.75, 3.05) is 5.32 Å². The van der Waals surface area contributed by atoms with E-state index >= 15 is 0 Å². The van der Waals surface area contributed by atoms with Crippen LogP contribution in [0.5, 0.6) is 0 Å². The van der Waals surface area contributed by atoms with Crippen LogP contribution in [0, 0.1) is 5.82 Å². The van der Waals surface area contributed by atoms with E-state index in [9.17, 15) is 18.8 Å². The second-order valence-electron chi connectivity index (χ2n) is 4.02. The summed E-state index contributed by atoms with van der Waals surface area (Å²) in [4.78, 5) is 32.9. The molecule has 0 aliphatic carbocycles. The molecule has 7 nitrogen and oxygen atoms in total. The molecule has 4 N–H and O–H groups in total. The van der Waals surface area contributed by atoms with E-state index in [1.54, 1.807) is 0 Å². The molecule has 21 heavy (non-hydrogen) atoms. The largest absolute Gasteiger partial charge is 0.481 e. The summed E-state index contributed by atoms with van der Waals surface area (Å²) in [5.41, 5.74) is -0.220. The van der Waals surface area contributed by atoms with Gasteiger partial charge in [0, 0.05) is 6.42 Å². The maximum Gasteiger partial charge on any atom is 0.326 e. The number of carboxylic acids is 2. The molecule has 1 aromatic carbocycles. The molecule has 0 spiro atoms. The molecular formula is C12H12ClFN2O5. The van der Waals surface area contributed by atoms with E-state index in [0.29, 0.717) is 0 Å². The van der Waals surface area contributed by atoms with E-state index in [4.69, 9.17) is 21.8 Å². The van der Waals surface area contributed by atoms with Crippen molar-refractivity contribution >= 4 is 35.3 Å². The first kappa shape index (κ1) is 16.7. The van der Waals surface area contributed by atoms with Gasteiger partial charge in [-0.3, -0.25) is 4.79 Å². The molecule has 1 rings (SSSR count). The molecule has 0 fully saturated rings. The van der Waals surface area contributed by atoms with Crippen molar-refractivity contribution in [3.05, 3.63) is 29.0 Å². The van der Waals surface area contributed by atoms with Crippen LogP contribution in [-0.2, 0) is 9.59 Å². The van der Waals surface area contributed by atoms with Crippen molar-refractivity contribution in [3.63, 3.8) is 0 Å². The Morgan fingerprint density at radius 1 is 1.29 bits per heavy atom. The van der Waals surface area contributed by atoms with E-state index in [1.165, 1.54) is 18.2 Å². The van der Waals surface area contributed by atoms with E-state index in [-0.39, 0.29) is 17.1 Å². The van der Waals surface area contributed by atoms with E-state index in [0.717, 1.165) is 0 Å². The molecule has 0 aliphatic rings. The van der Waals surface area contributed by atoms with Gasteiger partial charge in [0.2, 0.25) is 0 Å². The topological polar surface area (TPSA) is 116 Å². The van der Waals surface area contributed by atoms with Gasteiger partial charge in [0.25, 0.3) is 0 Å². The number of carbonyl (C=O) groups is 3. The Labute approximate surface area is 123 Å². The van der Waals surface area contributed by atoms with E-state index in [1.807, 2.05) is 5.32 Å².